The Balaban J connectivity index is 1.63. The fourth-order valence-electron chi connectivity index (χ4n) is 4.78. The van der Waals surface area contributed by atoms with Gasteiger partial charge in [0.15, 0.2) is 5.78 Å². The van der Waals surface area contributed by atoms with Gasteiger partial charge < -0.3 is 24.7 Å². The van der Waals surface area contributed by atoms with Crippen LogP contribution < -0.4 is 15.4 Å². The molecule has 224 valence electrons. The van der Waals surface area contributed by atoms with Gasteiger partial charge in [0.25, 0.3) is 11.8 Å². The van der Waals surface area contributed by atoms with Crippen LogP contribution in [-0.4, -0.2) is 71.7 Å². The van der Waals surface area contributed by atoms with Gasteiger partial charge in [-0.25, -0.2) is 18.2 Å². The van der Waals surface area contributed by atoms with Gasteiger partial charge in [-0.1, -0.05) is 25.7 Å². The summed E-state index contributed by atoms with van der Waals surface area (Å²) in [5, 5.41) is 6.04. The van der Waals surface area contributed by atoms with E-state index in [9.17, 15) is 22.8 Å². The molecular formula is C31H36F3N5O3. The molecule has 11 heteroatoms. The van der Waals surface area contributed by atoms with Crippen LogP contribution in [0.3, 0.4) is 0 Å². The molecule has 1 aliphatic heterocycles. The third-order valence-electron chi connectivity index (χ3n) is 7.51. The summed E-state index contributed by atoms with van der Waals surface area (Å²) in [5.74, 6) is 0.892. The highest BCUT2D eigenvalue weighted by Crippen LogP contribution is 2.30. The zero-order chi connectivity index (χ0) is 30.6. The number of amides is 1. The number of hydrogen-bond acceptors (Lipinski definition) is 6. The van der Waals surface area contributed by atoms with E-state index in [4.69, 9.17) is 4.74 Å². The second-order valence-electron chi connectivity index (χ2n) is 11.0. The quantitative estimate of drug-likeness (QED) is 0.278. The van der Waals surface area contributed by atoms with E-state index in [1.165, 1.54) is 50.6 Å². The lowest BCUT2D eigenvalue weighted by Crippen LogP contribution is -2.43. The molecule has 0 radical (unpaired) electrons. The van der Waals surface area contributed by atoms with E-state index in [-0.39, 0.29) is 46.7 Å². The number of aromatic nitrogens is 2. The number of rotatable bonds is 9. The Morgan fingerprint density at radius 3 is 2.55 bits per heavy atom. The van der Waals surface area contributed by atoms with Crippen molar-refractivity contribution < 1.29 is 27.5 Å². The van der Waals surface area contributed by atoms with E-state index in [0.29, 0.717) is 11.3 Å². The minimum absolute atomic E-state index is 0.00263. The molecule has 3 heterocycles. The summed E-state index contributed by atoms with van der Waals surface area (Å²) in [4.78, 5) is 31.6. The van der Waals surface area contributed by atoms with Crippen molar-refractivity contribution in [1.29, 1.82) is 0 Å². The van der Waals surface area contributed by atoms with E-state index in [1.807, 2.05) is 7.05 Å². The molecule has 4 rings (SSSR count). The highest BCUT2D eigenvalue weighted by atomic mass is 19.3. The zero-order valence-corrected chi connectivity index (χ0v) is 24.5. The second kappa shape index (κ2) is 12.9. The van der Waals surface area contributed by atoms with Crippen molar-refractivity contribution in [2.45, 2.75) is 52.0 Å². The number of fused-ring (bicyclic) bond motifs is 1. The number of hydrogen-bond donors (Lipinski definition) is 2. The number of halogens is 3. The van der Waals surface area contributed by atoms with Gasteiger partial charge in [0.2, 0.25) is 0 Å². The Morgan fingerprint density at radius 1 is 1.19 bits per heavy atom. The number of likely N-dealkylation sites (tertiary alicyclic amines) is 1. The van der Waals surface area contributed by atoms with Gasteiger partial charge in [0.1, 0.15) is 17.2 Å². The number of imidazole rings is 1. The Hall–Kier alpha value is -4.04. The number of ketones is 1. The van der Waals surface area contributed by atoms with Crippen LogP contribution >= 0.6 is 0 Å². The molecule has 0 unspecified atom stereocenters. The number of methoxy groups -OCH3 is 1. The van der Waals surface area contributed by atoms with E-state index in [1.54, 1.807) is 12.3 Å². The monoisotopic (exact) mass is 583 g/mol. The zero-order valence-electron chi connectivity index (χ0n) is 24.5. The number of nitrogens with one attached hydrogen (secondary N) is 2. The molecule has 0 atom stereocenters. The van der Waals surface area contributed by atoms with Gasteiger partial charge in [-0.15, -0.1) is 0 Å². The van der Waals surface area contributed by atoms with Gasteiger partial charge in [0, 0.05) is 41.7 Å². The molecule has 1 fully saturated rings. The first-order chi connectivity index (χ1) is 19.9. The Labute approximate surface area is 243 Å². The van der Waals surface area contributed by atoms with Crippen LogP contribution in [0.2, 0.25) is 0 Å². The number of carbonyl (C=O) groups is 2. The maximum Gasteiger partial charge on any atom is 0.255 e. The normalized spacial score (nSPS) is 14.5. The van der Waals surface area contributed by atoms with E-state index in [2.05, 4.69) is 32.4 Å². The minimum Gasteiger partial charge on any atom is -0.495 e. The summed E-state index contributed by atoms with van der Waals surface area (Å²) in [5.41, 5.74) is 1.46. The van der Waals surface area contributed by atoms with Crippen LogP contribution in [0.25, 0.3) is 5.65 Å². The van der Waals surface area contributed by atoms with Crippen molar-refractivity contribution in [3.05, 3.63) is 58.8 Å². The summed E-state index contributed by atoms with van der Waals surface area (Å²) in [6.45, 7) is 5.99. The summed E-state index contributed by atoms with van der Waals surface area (Å²) in [7, 11) is 3.44. The van der Waals surface area contributed by atoms with Crippen molar-refractivity contribution in [1.82, 2.24) is 19.6 Å². The summed E-state index contributed by atoms with van der Waals surface area (Å²) >= 11 is 0. The molecule has 1 aromatic carbocycles. The number of carbonyl (C=O) groups excluding carboxylic acids is 2. The maximum atomic E-state index is 14.7. The first-order valence-corrected chi connectivity index (χ1v) is 13.9. The topological polar surface area (TPSA) is 88.0 Å². The van der Waals surface area contributed by atoms with Crippen molar-refractivity contribution in [2.75, 3.05) is 39.1 Å². The molecule has 3 aromatic rings. The number of anilines is 1. The highest BCUT2D eigenvalue weighted by Gasteiger charge is 2.35. The summed E-state index contributed by atoms with van der Waals surface area (Å²) in [6, 6.07) is 4.09. The average molecular weight is 584 g/mol. The third-order valence-corrected chi connectivity index (χ3v) is 7.51. The van der Waals surface area contributed by atoms with Gasteiger partial charge in [-0.2, -0.15) is 0 Å². The van der Waals surface area contributed by atoms with Crippen molar-refractivity contribution in [2.24, 2.45) is 5.92 Å². The molecule has 1 saturated heterocycles. The predicted molar refractivity (Wildman–Crippen MR) is 155 cm³/mol. The number of alkyl halides is 2. The lowest BCUT2D eigenvalue weighted by Gasteiger charge is -2.29. The fraction of sp³-hybridized carbons (Fsp3) is 0.452. The fourth-order valence-corrected chi connectivity index (χ4v) is 4.78. The van der Waals surface area contributed by atoms with E-state index in [0.717, 1.165) is 25.9 Å². The lowest BCUT2D eigenvalue weighted by molar-refractivity contribution is -0.0448. The number of piperidine rings is 1. The molecule has 0 saturated carbocycles. The largest absolute Gasteiger partial charge is 0.495 e. The Kier molecular flexibility index (Phi) is 9.46. The minimum atomic E-state index is -2.97. The second-order valence-corrected chi connectivity index (χ2v) is 11.0. The smallest absolute Gasteiger partial charge is 0.255 e. The molecule has 1 amide bonds. The molecule has 0 spiro atoms. The highest BCUT2D eigenvalue weighted by molar-refractivity contribution is 6.00. The van der Waals surface area contributed by atoms with Crippen molar-refractivity contribution in [3.63, 3.8) is 0 Å². The number of ether oxygens (including phenoxy) is 1. The lowest BCUT2D eigenvalue weighted by atomic mass is 10.0. The number of benzene rings is 1. The van der Waals surface area contributed by atoms with E-state index >= 15 is 0 Å². The average Bonchev–Trinajstić information content (AvgIpc) is 3.33. The standard InChI is InChI=1S/C31H36F3N5O3/c1-19(2)31(33,34)16-23-17-36-29-25(30(41)37-22-8-11-38(4)12-9-22)13-21(18-39(23)29)7-6-10-35-27-15-26(32)24(20(3)40)14-28(27)42-5/h13-15,17-19,22,35H,8-12,16H2,1-5H3,(H,37,41). The predicted octanol–water partition coefficient (Wildman–Crippen LogP) is 4.81. The van der Waals surface area contributed by atoms with Crippen LogP contribution in [0.4, 0.5) is 18.9 Å². The third kappa shape index (κ3) is 7.05. The molecule has 2 N–H and O–H groups in total. The number of pyridine rings is 1. The van der Waals surface area contributed by atoms with Gasteiger partial charge >= 0.3 is 0 Å². The van der Waals surface area contributed by atoms with Crippen LogP contribution in [0.15, 0.2) is 30.6 Å². The molecule has 42 heavy (non-hydrogen) atoms. The van der Waals surface area contributed by atoms with Crippen molar-refractivity contribution >= 4 is 23.0 Å². The number of nitrogens with zero attached hydrogens (tertiary/aromatic N) is 3. The van der Waals surface area contributed by atoms with Gasteiger partial charge in [-0.05, 0) is 52.0 Å². The molecule has 2 aromatic heterocycles. The molecule has 0 aliphatic carbocycles. The number of Topliss-reactive ketones (excluding diaryl/α,β-unsaturated/α-hetero) is 1. The Bertz CT molecular complexity index is 1530. The summed E-state index contributed by atoms with van der Waals surface area (Å²) < 4.78 is 50.5. The van der Waals surface area contributed by atoms with Gasteiger partial charge in [0.05, 0.1) is 36.9 Å². The molecule has 8 nitrogen and oxygen atoms in total. The van der Waals surface area contributed by atoms with Crippen molar-refractivity contribution in [3.8, 4) is 17.6 Å². The van der Waals surface area contributed by atoms with Gasteiger partial charge in [-0.3, -0.25) is 9.59 Å². The first kappa shape index (κ1) is 30.9. The first-order valence-electron chi connectivity index (χ1n) is 13.9. The molecule has 0 bridgehead atoms. The van der Waals surface area contributed by atoms with Crippen LogP contribution in [0.5, 0.6) is 5.75 Å². The maximum absolute atomic E-state index is 14.7. The van der Waals surface area contributed by atoms with Crippen LogP contribution in [0, 0.1) is 23.6 Å². The van der Waals surface area contributed by atoms with E-state index < -0.39 is 29.9 Å². The summed E-state index contributed by atoms with van der Waals surface area (Å²) in [6.07, 6.45) is 4.04. The molecule has 1 aliphatic rings. The SMILES string of the molecule is COc1cc(C(C)=O)c(F)cc1NCC#Cc1cc(C(=O)NC2CCN(C)CC2)c2ncc(CC(F)(F)C(C)C)n2c1. The molecular weight excluding hydrogens is 547 g/mol. The van der Waals surface area contributed by atoms with Crippen LogP contribution in [0.1, 0.15) is 65.6 Å². The Morgan fingerprint density at radius 2 is 1.90 bits per heavy atom. The van der Waals surface area contributed by atoms with Crippen LogP contribution in [-0.2, 0) is 6.42 Å².